The number of unbranched alkanes of at least 4 members (excludes halogenated alkanes) is 6. The third-order valence-electron chi connectivity index (χ3n) is 4.76. The van der Waals surface area contributed by atoms with Crippen LogP contribution in [0.15, 0.2) is 12.4 Å². The summed E-state index contributed by atoms with van der Waals surface area (Å²) < 4.78 is 18.8. The van der Waals surface area contributed by atoms with Gasteiger partial charge in [-0.2, -0.15) is 0 Å². The van der Waals surface area contributed by atoms with Gasteiger partial charge < -0.3 is 17.8 Å². The SMILES string of the molecule is CCCCCCCCCC(C)n1ccnc1C[Si](OC)(OC)OC. The van der Waals surface area contributed by atoms with Gasteiger partial charge in [-0.1, -0.05) is 51.9 Å². The van der Waals surface area contributed by atoms with Crippen molar-refractivity contribution in [3.05, 3.63) is 18.2 Å². The van der Waals surface area contributed by atoms with Crippen LogP contribution in [-0.4, -0.2) is 39.7 Å². The van der Waals surface area contributed by atoms with E-state index in [1.807, 2.05) is 6.20 Å². The van der Waals surface area contributed by atoms with Crippen LogP contribution in [0.25, 0.3) is 0 Å². The molecule has 0 amide bonds. The standard InChI is InChI=1S/C18H36N2O3Si/c1-6-7-8-9-10-11-12-13-17(2)20-15-14-19-18(20)16-24(21-3,22-4)23-5/h14-15,17H,6-13,16H2,1-5H3. The van der Waals surface area contributed by atoms with Crippen LogP contribution in [0.4, 0.5) is 0 Å². The molecule has 0 aliphatic rings. The zero-order chi connectivity index (χ0) is 17.8. The van der Waals surface area contributed by atoms with Gasteiger partial charge in [0.25, 0.3) is 0 Å². The van der Waals surface area contributed by atoms with Crippen molar-refractivity contribution < 1.29 is 13.3 Å². The first-order valence-corrected chi connectivity index (χ1v) is 11.2. The van der Waals surface area contributed by atoms with E-state index in [2.05, 4.69) is 29.6 Å². The molecule has 5 nitrogen and oxygen atoms in total. The van der Waals surface area contributed by atoms with E-state index in [0.717, 1.165) is 5.82 Å². The number of hydrogen-bond donors (Lipinski definition) is 0. The smallest absolute Gasteiger partial charge is 0.377 e. The molecule has 0 bridgehead atoms. The van der Waals surface area contributed by atoms with Crippen molar-refractivity contribution in [2.75, 3.05) is 21.3 Å². The van der Waals surface area contributed by atoms with E-state index < -0.39 is 8.80 Å². The Hall–Kier alpha value is -0.693. The van der Waals surface area contributed by atoms with E-state index in [1.165, 1.54) is 51.4 Å². The first-order valence-electron chi connectivity index (χ1n) is 9.29. The fraction of sp³-hybridized carbons (Fsp3) is 0.833. The minimum Gasteiger partial charge on any atom is -0.377 e. The van der Waals surface area contributed by atoms with E-state index >= 15 is 0 Å². The van der Waals surface area contributed by atoms with Crippen molar-refractivity contribution in [2.24, 2.45) is 0 Å². The third kappa shape index (κ3) is 6.67. The fourth-order valence-electron chi connectivity index (χ4n) is 3.08. The van der Waals surface area contributed by atoms with Crippen LogP contribution in [0.3, 0.4) is 0 Å². The van der Waals surface area contributed by atoms with Crippen LogP contribution >= 0.6 is 0 Å². The summed E-state index contributed by atoms with van der Waals surface area (Å²) in [6, 6.07) is 1.04. The maximum absolute atomic E-state index is 5.53. The molecule has 0 aliphatic carbocycles. The molecule has 0 N–H and O–H groups in total. The van der Waals surface area contributed by atoms with Gasteiger partial charge in [0.15, 0.2) is 0 Å². The topological polar surface area (TPSA) is 45.5 Å². The molecule has 1 unspecified atom stereocenters. The average Bonchev–Trinajstić information content (AvgIpc) is 3.07. The lowest BCUT2D eigenvalue weighted by Gasteiger charge is -2.25. The molecule has 1 atom stereocenters. The lowest BCUT2D eigenvalue weighted by Crippen LogP contribution is -2.46. The summed E-state index contributed by atoms with van der Waals surface area (Å²) in [6.07, 6.45) is 14.5. The number of imidazole rings is 1. The average molecular weight is 357 g/mol. The molecule has 0 fully saturated rings. The Morgan fingerprint density at radius 1 is 1.00 bits per heavy atom. The molecular formula is C18H36N2O3Si. The van der Waals surface area contributed by atoms with Gasteiger partial charge >= 0.3 is 8.80 Å². The summed E-state index contributed by atoms with van der Waals surface area (Å²) in [6.45, 7) is 4.52. The van der Waals surface area contributed by atoms with Crippen molar-refractivity contribution in [3.8, 4) is 0 Å². The van der Waals surface area contributed by atoms with Crippen molar-refractivity contribution in [1.29, 1.82) is 0 Å². The van der Waals surface area contributed by atoms with Crippen LogP contribution in [0.1, 0.15) is 77.1 Å². The normalized spacial score (nSPS) is 13.4. The highest BCUT2D eigenvalue weighted by Crippen LogP contribution is 2.21. The summed E-state index contributed by atoms with van der Waals surface area (Å²) in [7, 11) is 2.30. The first-order chi connectivity index (χ1) is 11.6. The molecule has 1 aromatic heterocycles. The molecule has 0 saturated heterocycles. The van der Waals surface area contributed by atoms with E-state index in [4.69, 9.17) is 13.3 Å². The second kappa shape index (κ2) is 11.8. The third-order valence-corrected chi connectivity index (χ3v) is 7.37. The van der Waals surface area contributed by atoms with Gasteiger partial charge in [0.1, 0.15) is 5.82 Å². The Morgan fingerprint density at radius 3 is 2.17 bits per heavy atom. The van der Waals surface area contributed by atoms with Crippen molar-refractivity contribution in [2.45, 2.75) is 77.3 Å². The van der Waals surface area contributed by atoms with Crippen LogP contribution in [-0.2, 0) is 19.3 Å². The Morgan fingerprint density at radius 2 is 1.58 bits per heavy atom. The lowest BCUT2D eigenvalue weighted by atomic mass is 10.1. The van der Waals surface area contributed by atoms with Gasteiger partial charge in [-0.05, 0) is 13.3 Å². The monoisotopic (exact) mass is 356 g/mol. The Bertz CT molecular complexity index is 427. The minimum atomic E-state index is -2.64. The quantitative estimate of drug-likeness (QED) is 0.362. The molecule has 0 radical (unpaired) electrons. The van der Waals surface area contributed by atoms with Crippen molar-refractivity contribution in [1.82, 2.24) is 9.55 Å². The highest BCUT2D eigenvalue weighted by atomic mass is 28.4. The molecule has 1 heterocycles. The molecule has 0 spiro atoms. The maximum Gasteiger partial charge on any atom is 0.507 e. The van der Waals surface area contributed by atoms with Crippen molar-refractivity contribution >= 4 is 8.80 Å². The minimum absolute atomic E-state index is 0.440. The zero-order valence-corrected chi connectivity index (χ0v) is 17.2. The molecule has 6 heteroatoms. The van der Waals surface area contributed by atoms with Gasteiger partial charge in [-0.15, -0.1) is 0 Å². The molecule has 1 rings (SSSR count). The van der Waals surface area contributed by atoms with E-state index in [-0.39, 0.29) is 0 Å². The van der Waals surface area contributed by atoms with Gasteiger partial charge in [-0.25, -0.2) is 4.98 Å². The highest BCUT2D eigenvalue weighted by molar-refractivity contribution is 6.59. The van der Waals surface area contributed by atoms with Crippen LogP contribution in [0, 0.1) is 0 Å². The van der Waals surface area contributed by atoms with Gasteiger partial charge in [-0.3, -0.25) is 0 Å². The Labute approximate surface area is 149 Å². The van der Waals surface area contributed by atoms with Gasteiger partial charge in [0.2, 0.25) is 0 Å². The van der Waals surface area contributed by atoms with Gasteiger partial charge in [0, 0.05) is 39.8 Å². The van der Waals surface area contributed by atoms with Crippen LogP contribution < -0.4 is 0 Å². The zero-order valence-electron chi connectivity index (χ0n) is 16.2. The summed E-state index contributed by atoms with van der Waals surface area (Å²) in [5, 5.41) is 0. The van der Waals surface area contributed by atoms with E-state index in [0.29, 0.717) is 12.1 Å². The van der Waals surface area contributed by atoms with E-state index in [1.54, 1.807) is 21.3 Å². The fourth-order valence-corrected chi connectivity index (χ4v) is 4.67. The predicted molar refractivity (Wildman–Crippen MR) is 100 cm³/mol. The molecule has 0 aromatic carbocycles. The summed E-state index contributed by atoms with van der Waals surface area (Å²) in [4.78, 5) is 4.50. The van der Waals surface area contributed by atoms with Crippen LogP contribution in [0.2, 0.25) is 0 Å². The summed E-state index contributed by atoms with van der Waals surface area (Å²) in [5.41, 5.74) is 0. The van der Waals surface area contributed by atoms with E-state index in [9.17, 15) is 0 Å². The van der Waals surface area contributed by atoms with Gasteiger partial charge in [0.05, 0.1) is 6.04 Å². The largest absolute Gasteiger partial charge is 0.507 e. The number of nitrogens with zero attached hydrogens (tertiary/aromatic N) is 2. The first kappa shape index (κ1) is 21.3. The predicted octanol–water partition coefficient (Wildman–Crippen LogP) is 4.54. The second-order valence-corrected chi connectivity index (χ2v) is 9.43. The summed E-state index contributed by atoms with van der Waals surface area (Å²) in [5.74, 6) is 0.989. The molecule has 0 saturated carbocycles. The highest BCUT2D eigenvalue weighted by Gasteiger charge is 2.39. The number of rotatable bonds is 14. The molecule has 1 aromatic rings. The second-order valence-electron chi connectivity index (χ2n) is 6.48. The lowest BCUT2D eigenvalue weighted by molar-refractivity contribution is 0.121. The Kier molecular flexibility index (Phi) is 10.5. The Balaban J connectivity index is 2.46. The molecule has 0 aliphatic heterocycles. The molecule has 140 valence electrons. The summed E-state index contributed by atoms with van der Waals surface area (Å²) >= 11 is 0. The van der Waals surface area contributed by atoms with Crippen molar-refractivity contribution in [3.63, 3.8) is 0 Å². The molecular weight excluding hydrogens is 320 g/mol. The maximum atomic E-state index is 5.53. The molecule has 24 heavy (non-hydrogen) atoms. The number of aromatic nitrogens is 2. The number of hydrogen-bond acceptors (Lipinski definition) is 4. The van der Waals surface area contributed by atoms with Crippen LogP contribution in [0.5, 0.6) is 0 Å².